The van der Waals surface area contributed by atoms with E-state index in [0.717, 1.165) is 0 Å². The van der Waals surface area contributed by atoms with Crippen molar-refractivity contribution in [2.75, 3.05) is 27.2 Å². The molecule has 2 aromatic rings. The first kappa shape index (κ1) is 27.3. The van der Waals surface area contributed by atoms with Crippen molar-refractivity contribution >= 4 is 0 Å². The highest BCUT2D eigenvalue weighted by Gasteiger charge is 2.25. The van der Waals surface area contributed by atoms with E-state index >= 15 is 0 Å². The first-order valence-corrected chi connectivity index (χ1v) is 15.1. The van der Waals surface area contributed by atoms with Gasteiger partial charge in [-0.3, -0.25) is 9.80 Å². The van der Waals surface area contributed by atoms with Crippen molar-refractivity contribution < 1.29 is 9.13 Å². The summed E-state index contributed by atoms with van der Waals surface area (Å²) in [7, 11) is 4.54. The number of likely N-dealkylation sites (tertiary alicyclic amines) is 2. The van der Waals surface area contributed by atoms with E-state index in [9.17, 15) is 0 Å². The second-order valence-corrected chi connectivity index (χ2v) is 11.6. The van der Waals surface area contributed by atoms with Crippen LogP contribution in [0.4, 0.5) is 0 Å². The van der Waals surface area contributed by atoms with Gasteiger partial charge in [0.1, 0.15) is 13.1 Å². The molecule has 2 saturated heterocycles. The van der Waals surface area contributed by atoms with Crippen LogP contribution in [0.2, 0.25) is 0 Å². The van der Waals surface area contributed by atoms with Crippen LogP contribution in [0.3, 0.4) is 0 Å². The van der Waals surface area contributed by atoms with Gasteiger partial charge in [0.25, 0.3) is 0 Å². The van der Waals surface area contributed by atoms with Gasteiger partial charge in [-0.2, -0.15) is 0 Å². The molecular formula is C32H52N4+2. The molecule has 2 fully saturated rings. The Labute approximate surface area is 221 Å². The van der Waals surface area contributed by atoms with Gasteiger partial charge in [0.05, 0.1) is 0 Å². The Morgan fingerprint density at radius 2 is 1.00 bits per heavy atom. The molecule has 4 heterocycles. The lowest BCUT2D eigenvalue weighted by Gasteiger charge is -2.18. The molecule has 2 aliphatic heterocycles. The van der Waals surface area contributed by atoms with Crippen LogP contribution in [0.1, 0.15) is 113 Å². The summed E-state index contributed by atoms with van der Waals surface area (Å²) < 4.78 is 4.84. The summed E-state index contributed by atoms with van der Waals surface area (Å²) in [6.45, 7) is 4.82. The van der Waals surface area contributed by atoms with Crippen molar-refractivity contribution in [2.24, 2.45) is 0 Å². The average Bonchev–Trinajstić information content (AvgIpc) is 3.53. The Hall–Kier alpha value is -1.78. The summed E-state index contributed by atoms with van der Waals surface area (Å²) in [6, 6.07) is 10.4. The van der Waals surface area contributed by atoms with Crippen molar-refractivity contribution in [3.05, 3.63) is 60.2 Å². The number of aryl methyl sites for hydroxylation is 2. The highest BCUT2D eigenvalue weighted by atomic mass is 15.2. The predicted molar refractivity (Wildman–Crippen MR) is 149 cm³/mol. The number of hydrogen-bond acceptors (Lipinski definition) is 2. The Balaban J connectivity index is 0.986. The summed E-state index contributed by atoms with van der Waals surface area (Å²) >= 11 is 0. The normalized spacial score (nSPS) is 20.9. The van der Waals surface area contributed by atoms with Crippen LogP contribution < -0.4 is 9.13 Å². The van der Waals surface area contributed by atoms with E-state index in [-0.39, 0.29) is 0 Å². The number of aromatic nitrogens is 2. The molecule has 0 spiro atoms. The molecule has 0 bridgehead atoms. The maximum atomic E-state index is 2.51. The van der Waals surface area contributed by atoms with E-state index in [2.05, 4.69) is 82.1 Å². The molecule has 0 saturated carbocycles. The van der Waals surface area contributed by atoms with Crippen molar-refractivity contribution in [1.29, 1.82) is 0 Å². The molecule has 0 radical (unpaired) electrons. The minimum absolute atomic E-state index is 0.631. The summed E-state index contributed by atoms with van der Waals surface area (Å²) in [5, 5.41) is 0. The molecular weight excluding hydrogens is 440 g/mol. The number of rotatable bonds is 15. The van der Waals surface area contributed by atoms with Crippen LogP contribution >= 0.6 is 0 Å². The van der Waals surface area contributed by atoms with Crippen molar-refractivity contribution in [3.8, 4) is 0 Å². The van der Waals surface area contributed by atoms with Crippen molar-refractivity contribution in [3.63, 3.8) is 0 Å². The third-order valence-electron chi connectivity index (χ3n) is 8.66. The molecule has 2 aliphatic rings. The third kappa shape index (κ3) is 8.38. The number of pyridine rings is 2. The van der Waals surface area contributed by atoms with E-state index < -0.39 is 0 Å². The molecule has 0 amide bonds. The van der Waals surface area contributed by atoms with Gasteiger partial charge >= 0.3 is 0 Å². The molecule has 4 nitrogen and oxygen atoms in total. The van der Waals surface area contributed by atoms with Gasteiger partial charge < -0.3 is 0 Å². The first-order valence-electron chi connectivity index (χ1n) is 15.1. The molecule has 2 aromatic heterocycles. The van der Waals surface area contributed by atoms with Gasteiger partial charge in [-0.15, -0.1) is 0 Å². The van der Waals surface area contributed by atoms with Gasteiger partial charge in [0.2, 0.25) is 0 Å². The van der Waals surface area contributed by atoms with Gasteiger partial charge in [0, 0.05) is 48.2 Å². The SMILES string of the molecule is CN1CCC[C@@H]1c1ccc[n+](CCCCCCCCCCCC[n+]2cccc([C@@H]3CCCN3C)c2)c1. The third-order valence-corrected chi connectivity index (χ3v) is 8.66. The fourth-order valence-electron chi connectivity index (χ4n) is 6.42. The van der Waals surface area contributed by atoms with Crippen LogP contribution in [-0.4, -0.2) is 37.0 Å². The largest absolute Gasteiger partial charge is 0.299 e. The molecule has 0 unspecified atom stereocenters. The van der Waals surface area contributed by atoms with E-state index in [1.807, 2.05) is 0 Å². The maximum Gasteiger partial charge on any atom is 0.173 e. The summed E-state index contributed by atoms with van der Waals surface area (Å²) in [4.78, 5) is 5.01. The topological polar surface area (TPSA) is 14.2 Å². The lowest BCUT2D eigenvalue weighted by atomic mass is 10.1. The minimum atomic E-state index is 0.631. The molecule has 2 atom stereocenters. The Morgan fingerprint density at radius 1 is 0.611 bits per heavy atom. The number of nitrogens with zero attached hydrogens (tertiary/aromatic N) is 4. The van der Waals surface area contributed by atoms with E-state index in [0.29, 0.717) is 12.1 Å². The van der Waals surface area contributed by atoms with Gasteiger partial charge in [-0.05, 0) is 77.8 Å². The highest BCUT2D eigenvalue weighted by molar-refractivity contribution is 5.13. The zero-order valence-corrected chi connectivity index (χ0v) is 23.3. The predicted octanol–water partition coefficient (Wildman–Crippen LogP) is 6.40. The first-order chi connectivity index (χ1) is 17.7. The van der Waals surface area contributed by atoms with Crippen LogP contribution in [-0.2, 0) is 13.1 Å². The maximum absolute atomic E-state index is 2.51. The molecule has 4 rings (SSSR count). The van der Waals surface area contributed by atoms with Gasteiger partial charge in [0.15, 0.2) is 24.8 Å². The smallest absolute Gasteiger partial charge is 0.173 e. The van der Waals surface area contributed by atoms with Crippen LogP contribution in [0.15, 0.2) is 49.1 Å². The second-order valence-electron chi connectivity index (χ2n) is 11.6. The number of hydrogen-bond donors (Lipinski definition) is 0. The lowest BCUT2D eigenvalue weighted by Crippen LogP contribution is -2.34. The van der Waals surface area contributed by atoms with E-state index in [4.69, 9.17) is 0 Å². The van der Waals surface area contributed by atoms with Gasteiger partial charge in [-0.1, -0.05) is 38.5 Å². The summed E-state index contributed by atoms with van der Waals surface area (Å²) in [6.07, 6.45) is 28.4. The molecule has 36 heavy (non-hydrogen) atoms. The van der Waals surface area contributed by atoms with Crippen LogP contribution in [0, 0.1) is 0 Å². The molecule has 0 aromatic carbocycles. The minimum Gasteiger partial charge on any atom is -0.299 e. The fourth-order valence-corrected chi connectivity index (χ4v) is 6.42. The monoisotopic (exact) mass is 492 g/mol. The fraction of sp³-hybridized carbons (Fsp3) is 0.688. The Kier molecular flexibility index (Phi) is 11.2. The second kappa shape index (κ2) is 14.8. The Morgan fingerprint density at radius 3 is 1.36 bits per heavy atom. The molecule has 0 aliphatic carbocycles. The number of unbranched alkanes of at least 4 members (excludes halogenated alkanes) is 9. The zero-order chi connectivity index (χ0) is 25.0. The molecule has 0 N–H and O–H groups in total. The lowest BCUT2D eigenvalue weighted by molar-refractivity contribution is -0.698. The quantitative estimate of drug-likeness (QED) is 0.211. The highest BCUT2D eigenvalue weighted by Crippen LogP contribution is 2.30. The van der Waals surface area contributed by atoms with Crippen LogP contribution in [0.5, 0.6) is 0 Å². The van der Waals surface area contributed by atoms with Gasteiger partial charge in [-0.25, -0.2) is 9.13 Å². The standard InChI is InChI=1S/C32H52N4/c1-33-21-15-19-31(33)29-17-13-25-35(27-29)23-11-9-7-5-3-4-6-8-10-12-24-36-26-14-18-30(28-36)32-20-16-22-34(32)2/h13-14,17-18,25-28,31-32H,3-12,15-16,19-24H2,1-2H3/q+2/t31-,32+. The van der Waals surface area contributed by atoms with Crippen molar-refractivity contribution in [2.45, 2.75) is 115 Å². The summed E-state index contributed by atoms with van der Waals surface area (Å²) in [5.41, 5.74) is 3.00. The van der Waals surface area contributed by atoms with Crippen molar-refractivity contribution in [1.82, 2.24) is 9.80 Å². The average molecular weight is 493 g/mol. The summed E-state index contributed by atoms with van der Waals surface area (Å²) in [5.74, 6) is 0. The Bertz CT molecular complexity index is 824. The van der Waals surface area contributed by atoms with Crippen LogP contribution in [0.25, 0.3) is 0 Å². The van der Waals surface area contributed by atoms with E-state index in [1.165, 1.54) is 127 Å². The van der Waals surface area contributed by atoms with E-state index in [1.54, 1.807) is 0 Å². The zero-order valence-electron chi connectivity index (χ0n) is 23.3. The molecule has 198 valence electrons. The molecule has 4 heteroatoms.